The second-order valence-corrected chi connectivity index (χ2v) is 14.5. The highest BCUT2D eigenvalue weighted by Crippen LogP contribution is 2.51. The molecule has 1 aliphatic carbocycles. The van der Waals surface area contributed by atoms with Crippen molar-refractivity contribution in [1.29, 1.82) is 0 Å². The second kappa shape index (κ2) is 11.4. The van der Waals surface area contributed by atoms with Crippen LogP contribution in [0.25, 0.3) is 88.0 Å². The monoisotopic (exact) mass is 648 g/mol. The van der Waals surface area contributed by atoms with Crippen LogP contribution in [0.15, 0.2) is 182 Å². The SMILES string of the molecule is CC1(C)c2cccc3c4ccc(-c5cccc(-c6cc(-c7ccccc7)cc(-c7cccc(-c8ccccc8)c7)c6)c5)cc4c4cccc1c4c23. The summed E-state index contributed by atoms with van der Waals surface area (Å²) < 4.78 is 0. The fourth-order valence-electron chi connectivity index (χ4n) is 8.61. The Kier molecular flexibility index (Phi) is 6.63. The van der Waals surface area contributed by atoms with Crippen LogP contribution in [0.2, 0.25) is 0 Å². The van der Waals surface area contributed by atoms with Gasteiger partial charge in [-0.15, -0.1) is 0 Å². The van der Waals surface area contributed by atoms with E-state index in [2.05, 4.69) is 196 Å². The van der Waals surface area contributed by atoms with Crippen LogP contribution < -0.4 is 0 Å². The van der Waals surface area contributed by atoms with E-state index >= 15 is 0 Å². The Bertz CT molecular complexity index is 2800. The lowest BCUT2D eigenvalue weighted by Gasteiger charge is -2.21. The fourth-order valence-corrected chi connectivity index (χ4v) is 8.61. The first-order valence-electron chi connectivity index (χ1n) is 17.9. The lowest BCUT2D eigenvalue weighted by molar-refractivity contribution is 0.663. The van der Waals surface area contributed by atoms with Gasteiger partial charge >= 0.3 is 0 Å². The van der Waals surface area contributed by atoms with Gasteiger partial charge in [0.05, 0.1) is 0 Å². The molecule has 0 nitrogen and oxygen atoms in total. The predicted molar refractivity (Wildman–Crippen MR) is 218 cm³/mol. The smallest absolute Gasteiger partial charge is 0.0159 e. The van der Waals surface area contributed by atoms with Crippen LogP contribution in [-0.2, 0) is 5.41 Å². The standard InChI is InChI=1S/C51H36/c1-51(2)47-23-11-21-44-43-26-25-39(32-46(43)45-22-12-24-48(51)50(45)49(44)47)36-18-10-20-38(28-36)42-30-40(34-15-7-4-8-16-34)29-41(31-42)37-19-9-17-35(27-37)33-13-5-3-6-14-33/h3-32H,1-2H3. The molecular formula is C51H36. The molecule has 0 radical (unpaired) electrons. The Balaban J connectivity index is 1.12. The van der Waals surface area contributed by atoms with Gasteiger partial charge in [-0.2, -0.15) is 0 Å². The van der Waals surface area contributed by atoms with Crippen molar-refractivity contribution in [2.45, 2.75) is 19.3 Å². The first-order chi connectivity index (χ1) is 25.0. The minimum absolute atomic E-state index is 0.00804. The highest BCUT2D eigenvalue weighted by Gasteiger charge is 2.34. The van der Waals surface area contributed by atoms with E-state index in [1.165, 1.54) is 99.1 Å². The van der Waals surface area contributed by atoms with Gasteiger partial charge in [-0.1, -0.05) is 159 Å². The molecule has 240 valence electrons. The fraction of sp³-hybridized carbons (Fsp3) is 0.0588. The Labute approximate surface area is 299 Å². The van der Waals surface area contributed by atoms with Crippen molar-refractivity contribution in [3.8, 4) is 55.6 Å². The van der Waals surface area contributed by atoms with E-state index in [0.717, 1.165) is 0 Å². The summed E-state index contributed by atoms with van der Waals surface area (Å²) in [6.45, 7) is 4.74. The zero-order valence-electron chi connectivity index (χ0n) is 28.8. The molecule has 0 amide bonds. The lowest BCUT2D eigenvalue weighted by Crippen LogP contribution is -2.14. The third kappa shape index (κ3) is 4.75. The third-order valence-electron chi connectivity index (χ3n) is 11.2. The Morgan fingerprint density at radius 2 is 0.627 bits per heavy atom. The van der Waals surface area contributed by atoms with Crippen LogP contribution in [0.4, 0.5) is 0 Å². The number of fused-ring (bicyclic) bond motifs is 3. The number of hydrogen-bond donors (Lipinski definition) is 0. The molecule has 0 saturated heterocycles. The van der Waals surface area contributed by atoms with E-state index < -0.39 is 0 Å². The molecule has 10 rings (SSSR count). The molecule has 0 saturated carbocycles. The molecule has 1 aliphatic rings. The van der Waals surface area contributed by atoms with Crippen LogP contribution in [0.5, 0.6) is 0 Å². The van der Waals surface area contributed by atoms with Gasteiger partial charge in [0.1, 0.15) is 0 Å². The van der Waals surface area contributed by atoms with E-state index in [-0.39, 0.29) is 5.41 Å². The van der Waals surface area contributed by atoms with E-state index in [0.29, 0.717) is 0 Å². The van der Waals surface area contributed by atoms with Gasteiger partial charge < -0.3 is 0 Å². The van der Waals surface area contributed by atoms with Gasteiger partial charge in [0.2, 0.25) is 0 Å². The molecule has 0 atom stereocenters. The minimum atomic E-state index is -0.00804. The molecule has 9 aromatic rings. The van der Waals surface area contributed by atoms with E-state index in [4.69, 9.17) is 0 Å². The minimum Gasteiger partial charge on any atom is -0.0622 e. The Hall–Kier alpha value is -6.24. The maximum absolute atomic E-state index is 2.42. The summed E-state index contributed by atoms with van der Waals surface area (Å²) in [7, 11) is 0. The first kappa shape index (κ1) is 29.7. The van der Waals surface area contributed by atoms with Crippen molar-refractivity contribution in [2.24, 2.45) is 0 Å². The lowest BCUT2D eigenvalue weighted by atomic mass is 9.82. The van der Waals surface area contributed by atoms with E-state index in [1.807, 2.05) is 0 Å². The Morgan fingerprint density at radius 1 is 0.255 bits per heavy atom. The molecule has 0 aromatic heterocycles. The summed E-state index contributed by atoms with van der Waals surface area (Å²) >= 11 is 0. The zero-order valence-corrected chi connectivity index (χ0v) is 28.8. The largest absolute Gasteiger partial charge is 0.0622 e. The predicted octanol–water partition coefficient (Wildman–Crippen LogP) is 14.1. The van der Waals surface area contributed by atoms with Crippen LogP contribution >= 0.6 is 0 Å². The molecule has 0 spiro atoms. The molecule has 0 fully saturated rings. The molecule has 0 heteroatoms. The summed E-state index contributed by atoms with van der Waals surface area (Å²) in [5, 5.41) is 8.21. The van der Waals surface area contributed by atoms with Gasteiger partial charge in [0.15, 0.2) is 0 Å². The number of hydrogen-bond acceptors (Lipinski definition) is 0. The number of benzene rings is 9. The zero-order chi connectivity index (χ0) is 34.1. The average molecular weight is 649 g/mol. The highest BCUT2D eigenvalue weighted by atomic mass is 14.4. The molecule has 51 heavy (non-hydrogen) atoms. The van der Waals surface area contributed by atoms with Crippen molar-refractivity contribution < 1.29 is 0 Å². The molecule has 0 aliphatic heterocycles. The van der Waals surface area contributed by atoms with Crippen molar-refractivity contribution >= 4 is 32.3 Å². The van der Waals surface area contributed by atoms with Crippen LogP contribution in [0.3, 0.4) is 0 Å². The topological polar surface area (TPSA) is 0 Å². The maximum Gasteiger partial charge on any atom is 0.0159 e. The van der Waals surface area contributed by atoms with E-state index in [1.54, 1.807) is 0 Å². The summed E-state index contributed by atoms with van der Waals surface area (Å²) in [6, 6.07) is 67.3. The summed E-state index contributed by atoms with van der Waals surface area (Å²) in [5.41, 5.74) is 15.0. The van der Waals surface area contributed by atoms with Gasteiger partial charge in [-0.25, -0.2) is 0 Å². The summed E-state index contributed by atoms with van der Waals surface area (Å²) in [5.74, 6) is 0. The summed E-state index contributed by atoms with van der Waals surface area (Å²) in [6.07, 6.45) is 0. The molecule has 0 unspecified atom stereocenters. The van der Waals surface area contributed by atoms with Crippen molar-refractivity contribution in [3.05, 3.63) is 193 Å². The number of rotatable bonds is 5. The van der Waals surface area contributed by atoms with Crippen LogP contribution in [0, 0.1) is 0 Å². The van der Waals surface area contributed by atoms with Crippen molar-refractivity contribution in [2.75, 3.05) is 0 Å². The molecular weight excluding hydrogens is 613 g/mol. The molecule has 0 N–H and O–H groups in total. The van der Waals surface area contributed by atoms with Crippen molar-refractivity contribution in [3.63, 3.8) is 0 Å². The summed E-state index contributed by atoms with van der Waals surface area (Å²) in [4.78, 5) is 0. The highest BCUT2D eigenvalue weighted by molar-refractivity contribution is 6.29. The second-order valence-electron chi connectivity index (χ2n) is 14.5. The third-order valence-corrected chi connectivity index (χ3v) is 11.2. The van der Waals surface area contributed by atoms with Gasteiger partial charge in [-0.05, 0) is 135 Å². The molecule has 0 bridgehead atoms. The van der Waals surface area contributed by atoms with Gasteiger partial charge in [0, 0.05) is 5.41 Å². The van der Waals surface area contributed by atoms with Gasteiger partial charge in [0.25, 0.3) is 0 Å². The first-order valence-corrected chi connectivity index (χ1v) is 17.9. The molecule has 0 heterocycles. The van der Waals surface area contributed by atoms with Crippen molar-refractivity contribution in [1.82, 2.24) is 0 Å². The average Bonchev–Trinajstić information content (AvgIpc) is 3.44. The Morgan fingerprint density at radius 3 is 1.18 bits per heavy atom. The maximum atomic E-state index is 2.42. The normalized spacial score (nSPS) is 13.1. The van der Waals surface area contributed by atoms with Crippen LogP contribution in [0.1, 0.15) is 25.0 Å². The molecule has 9 aromatic carbocycles. The van der Waals surface area contributed by atoms with Crippen LogP contribution in [-0.4, -0.2) is 0 Å². The quantitative estimate of drug-likeness (QED) is 0.163. The van der Waals surface area contributed by atoms with E-state index in [9.17, 15) is 0 Å². The van der Waals surface area contributed by atoms with Gasteiger partial charge in [-0.3, -0.25) is 0 Å².